The van der Waals surface area contributed by atoms with Gasteiger partial charge in [0, 0.05) is 24.4 Å². The van der Waals surface area contributed by atoms with Gasteiger partial charge in [-0.1, -0.05) is 0 Å². The number of rotatable bonds is 3. The van der Waals surface area contributed by atoms with Gasteiger partial charge in [-0.15, -0.1) is 0 Å². The lowest BCUT2D eigenvalue weighted by Crippen LogP contribution is -2.22. The molecule has 4 rings (SSSR count). The Balaban J connectivity index is 1.90. The summed E-state index contributed by atoms with van der Waals surface area (Å²) in [4.78, 5) is 25.2. The van der Waals surface area contributed by atoms with Gasteiger partial charge in [0.2, 0.25) is 5.43 Å². The van der Waals surface area contributed by atoms with Crippen LogP contribution in [0.4, 0.5) is 14.9 Å². The fraction of sp³-hybridized carbons (Fsp3) is 0.412. The SMILES string of the molecule is O=C(O)Oc1cn(C2CC2)c2cc(N3CC[C@@H](S)C3)c(F)cc2c1=O. The molecule has 25 heavy (non-hydrogen) atoms. The van der Waals surface area contributed by atoms with Crippen molar-refractivity contribution in [3.05, 3.63) is 34.4 Å². The Kier molecular flexibility index (Phi) is 3.87. The number of carbonyl (C=O) groups is 1. The molecule has 2 aromatic rings. The first-order valence-corrected chi connectivity index (χ1v) is 8.68. The van der Waals surface area contributed by atoms with Crippen molar-refractivity contribution in [2.45, 2.75) is 30.6 Å². The van der Waals surface area contributed by atoms with Crippen molar-refractivity contribution in [2.75, 3.05) is 18.0 Å². The third-order valence-corrected chi connectivity index (χ3v) is 5.13. The molecule has 1 aliphatic carbocycles. The minimum atomic E-state index is -1.56. The van der Waals surface area contributed by atoms with Crippen LogP contribution in [0, 0.1) is 5.82 Å². The Morgan fingerprint density at radius 3 is 2.68 bits per heavy atom. The van der Waals surface area contributed by atoms with Gasteiger partial charge in [-0.05, 0) is 31.4 Å². The summed E-state index contributed by atoms with van der Waals surface area (Å²) in [5.74, 6) is -0.794. The molecule has 0 spiro atoms. The van der Waals surface area contributed by atoms with Gasteiger partial charge in [0.05, 0.1) is 22.8 Å². The Morgan fingerprint density at radius 2 is 2.08 bits per heavy atom. The molecule has 0 radical (unpaired) electrons. The molecule has 1 aliphatic heterocycles. The van der Waals surface area contributed by atoms with Crippen LogP contribution in [0.3, 0.4) is 0 Å². The zero-order valence-corrected chi connectivity index (χ0v) is 14.2. The summed E-state index contributed by atoms with van der Waals surface area (Å²) < 4.78 is 21.1. The molecule has 0 bridgehead atoms. The summed E-state index contributed by atoms with van der Waals surface area (Å²) in [5.41, 5.74) is 0.433. The standard InChI is InChI=1S/C17H17FN2O4S/c18-12-5-11-13(6-14(12)19-4-3-10(25)7-19)20(9-1-2-9)8-15(16(11)21)24-17(22)23/h5-6,8-10,25H,1-4,7H2,(H,22,23)/t10-/m1/s1. The minimum Gasteiger partial charge on any atom is -0.449 e. The molecule has 8 heteroatoms. The first-order valence-electron chi connectivity index (χ1n) is 8.16. The van der Waals surface area contributed by atoms with Crippen molar-refractivity contribution >= 4 is 35.4 Å². The highest BCUT2D eigenvalue weighted by atomic mass is 32.1. The van der Waals surface area contributed by atoms with E-state index in [4.69, 9.17) is 5.11 Å². The monoisotopic (exact) mass is 364 g/mol. The van der Waals surface area contributed by atoms with Crippen molar-refractivity contribution in [3.63, 3.8) is 0 Å². The second-order valence-electron chi connectivity index (χ2n) is 6.54. The number of pyridine rings is 1. The van der Waals surface area contributed by atoms with E-state index in [1.54, 1.807) is 6.07 Å². The summed E-state index contributed by atoms with van der Waals surface area (Å²) in [6.45, 7) is 1.36. The summed E-state index contributed by atoms with van der Waals surface area (Å²) in [5, 5.41) is 9.15. The van der Waals surface area contributed by atoms with Gasteiger partial charge in [0.1, 0.15) is 5.82 Å². The van der Waals surface area contributed by atoms with Crippen LogP contribution >= 0.6 is 12.6 Å². The molecule has 1 saturated heterocycles. The molecule has 1 saturated carbocycles. The lowest BCUT2D eigenvalue weighted by molar-refractivity contribution is 0.143. The lowest BCUT2D eigenvalue weighted by Gasteiger charge is -2.21. The van der Waals surface area contributed by atoms with Crippen LogP contribution in [0.5, 0.6) is 5.75 Å². The van der Waals surface area contributed by atoms with Gasteiger partial charge in [-0.2, -0.15) is 12.6 Å². The fourth-order valence-corrected chi connectivity index (χ4v) is 3.67. The maximum atomic E-state index is 14.6. The van der Waals surface area contributed by atoms with Crippen LogP contribution in [-0.2, 0) is 0 Å². The number of fused-ring (bicyclic) bond motifs is 1. The van der Waals surface area contributed by atoms with Crippen molar-refractivity contribution in [2.24, 2.45) is 0 Å². The van der Waals surface area contributed by atoms with E-state index in [2.05, 4.69) is 17.4 Å². The lowest BCUT2D eigenvalue weighted by atomic mass is 10.1. The molecule has 0 unspecified atom stereocenters. The van der Waals surface area contributed by atoms with Crippen molar-refractivity contribution in [1.29, 1.82) is 0 Å². The Hall–Kier alpha value is -2.22. The van der Waals surface area contributed by atoms with Crippen LogP contribution in [0.25, 0.3) is 10.9 Å². The highest BCUT2D eigenvalue weighted by Gasteiger charge is 2.28. The first kappa shape index (κ1) is 16.3. The van der Waals surface area contributed by atoms with Crippen LogP contribution in [0.2, 0.25) is 0 Å². The zero-order chi connectivity index (χ0) is 17.7. The van der Waals surface area contributed by atoms with E-state index >= 15 is 0 Å². The number of anilines is 1. The highest BCUT2D eigenvalue weighted by Crippen LogP contribution is 2.39. The number of hydrogen-bond donors (Lipinski definition) is 2. The van der Waals surface area contributed by atoms with E-state index in [0.717, 1.165) is 19.3 Å². The highest BCUT2D eigenvalue weighted by molar-refractivity contribution is 7.81. The van der Waals surface area contributed by atoms with Crippen LogP contribution < -0.4 is 15.1 Å². The molecule has 132 valence electrons. The third-order valence-electron chi connectivity index (χ3n) is 4.71. The molecule has 2 fully saturated rings. The predicted octanol–water partition coefficient (Wildman–Crippen LogP) is 3.04. The average Bonchev–Trinajstić information content (AvgIpc) is 3.31. The van der Waals surface area contributed by atoms with Crippen molar-refractivity contribution < 1.29 is 19.0 Å². The topological polar surface area (TPSA) is 71.8 Å². The van der Waals surface area contributed by atoms with Crippen molar-refractivity contribution in [3.8, 4) is 5.75 Å². The summed E-state index contributed by atoms with van der Waals surface area (Å²) in [7, 11) is 0. The number of benzene rings is 1. The number of carboxylic acid groups (broad SMARTS) is 1. The largest absolute Gasteiger partial charge is 0.511 e. The fourth-order valence-electron chi connectivity index (χ4n) is 3.36. The molecule has 6 nitrogen and oxygen atoms in total. The molecule has 0 amide bonds. The summed E-state index contributed by atoms with van der Waals surface area (Å²) in [6.07, 6.45) is 2.59. The second kappa shape index (κ2) is 5.94. The van der Waals surface area contributed by atoms with E-state index < -0.39 is 17.4 Å². The smallest absolute Gasteiger partial charge is 0.449 e. The van der Waals surface area contributed by atoms with E-state index in [-0.39, 0.29) is 22.4 Å². The maximum absolute atomic E-state index is 14.6. The number of thiol groups is 1. The Labute approximate surface area is 148 Å². The predicted molar refractivity (Wildman–Crippen MR) is 94.7 cm³/mol. The minimum absolute atomic E-state index is 0.133. The van der Waals surface area contributed by atoms with Crippen LogP contribution in [0.15, 0.2) is 23.1 Å². The van der Waals surface area contributed by atoms with E-state index in [9.17, 15) is 14.0 Å². The maximum Gasteiger partial charge on any atom is 0.511 e. The number of halogens is 1. The Bertz CT molecular complexity index is 925. The normalized spacial score (nSPS) is 20.2. The number of nitrogens with zero attached hydrogens (tertiary/aromatic N) is 2. The number of aromatic nitrogens is 1. The molecule has 1 N–H and O–H groups in total. The summed E-state index contributed by atoms with van der Waals surface area (Å²) >= 11 is 4.44. The molecule has 2 aliphatic rings. The molecular formula is C17H17FN2O4S. The van der Waals surface area contributed by atoms with E-state index in [1.165, 1.54) is 12.3 Å². The third kappa shape index (κ3) is 2.95. The van der Waals surface area contributed by atoms with E-state index in [1.807, 2.05) is 9.47 Å². The zero-order valence-electron chi connectivity index (χ0n) is 13.3. The van der Waals surface area contributed by atoms with E-state index in [0.29, 0.717) is 24.3 Å². The number of ether oxygens (including phenoxy) is 1. The van der Waals surface area contributed by atoms with Gasteiger partial charge in [0.15, 0.2) is 5.75 Å². The van der Waals surface area contributed by atoms with Gasteiger partial charge in [-0.3, -0.25) is 4.79 Å². The van der Waals surface area contributed by atoms with Crippen LogP contribution in [0.1, 0.15) is 25.3 Å². The van der Waals surface area contributed by atoms with Gasteiger partial charge < -0.3 is 19.3 Å². The molecule has 1 aromatic carbocycles. The molecular weight excluding hydrogens is 347 g/mol. The quantitative estimate of drug-likeness (QED) is 0.647. The molecule has 2 heterocycles. The summed E-state index contributed by atoms with van der Waals surface area (Å²) in [6, 6.07) is 3.04. The van der Waals surface area contributed by atoms with Gasteiger partial charge in [0.25, 0.3) is 0 Å². The average molecular weight is 364 g/mol. The van der Waals surface area contributed by atoms with Crippen LogP contribution in [-0.4, -0.2) is 34.2 Å². The van der Waals surface area contributed by atoms with Gasteiger partial charge in [-0.25, -0.2) is 9.18 Å². The Morgan fingerprint density at radius 1 is 1.32 bits per heavy atom. The molecule has 1 atom stereocenters. The van der Waals surface area contributed by atoms with Gasteiger partial charge >= 0.3 is 6.16 Å². The first-order chi connectivity index (χ1) is 11.9. The van der Waals surface area contributed by atoms with Crippen molar-refractivity contribution in [1.82, 2.24) is 4.57 Å². The number of hydrogen-bond acceptors (Lipinski definition) is 5. The second-order valence-corrected chi connectivity index (χ2v) is 7.27. The molecule has 1 aromatic heterocycles.